The molecule has 0 atom stereocenters. The van der Waals surface area contributed by atoms with Crippen LogP contribution >= 0.6 is 0 Å². The Hall–Kier alpha value is -2.65. The Morgan fingerprint density at radius 3 is 1.95 bits per heavy atom. The molecule has 3 aromatic rings. The maximum atomic E-state index is 5.90. The summed E-state index contributed by atoms with van der Waals surface area (Å²) < 4.78 is 0. The van der Waals surface area contributed by atoms with E-state index in [-0.39, 0.29) is 0 Å². The van der Waals surface area contributed by atoms with Gasteiger partial charge in [-0.3, -0.25) is 0 Å². The van der Waals surface area contributed by atoms with Gasteiger partial charge in [0, 0.05) is 17.7 Å². The Labute approximate surface area is 124 Å². The summed E-state index contributed by atoms with van der Waals surface area (Å²) in [6.07, 6.45) is 0. The van der Waals surface area contributed by atoms with E-state index in [1.807, 2.05) is 30.3 Å². The van der Waals surface area contributed by atoms with E-state index in [4.69, 9.17) is 11.5 Å². The molecule has 21 heavy (non-hydrogen) atoms. The predicted molar refractivity (Wildman–Crippen MR) is 87.4 cm³/mol. The lowest BCUT2D eigenvalue weighted by Gasteiger charge is -2.07. The van der Waals surface area contributed by atoms with E-state index in [0.717, 1.165) is 16.8 Å². The fraction of sp³-hybridized carbons (Fsp3) is 0.0556. The van der Waals surface area contributed by atoms with E-state index in [1.54, 1.807) is 0 Å². The molecular formula is C18H17N3. The average molecular weight is 275 g/mol. The van der Waals surface area contributed by atoms with Crippen LogP contribution in [0.3, 0.4) is 0 Å². The summed E-state index contributed by atoms with van der Waals surface area (Å²) >= 11 is 0. The molecule has 0 unspecified atom stereocenters. The van der Waals surface area contributed by atoms with Gasteiger partial charge < -0.3 is 11.5 Å². The molecule has 0 aliphatic heterocycles. The zero-order valence-electron chi connectivity index (χ0n) is 11.7. The molecule has 0 saturated heterocycles. The van der Waals surface area contributed by atoms with Gasteiger partial charge in [-0.1, -0.05) is 60.7 Å². The zero-order chi connectivity index (χ0) is 14.7. The first-order chi connectivity index (χ1) is 10.3. The van der Waals surface area contributed by atoms with Gasteiger partial charge in [0.05, 0.1) is 5.69 Å². The molecule has 3 rings (SSSR count). The van der Waals surface area contributed by atoms with Crippen LogP contribution in [0.15, 0.2) is 66.7 Å². The van der Waals surface area contributed by atoms with Crippen LogP contribution in [0.2, 0.25) is 0 Å². The SMILES string of the molecule is NCc1ccc(-c2ccc(-c3ccccc3)cc2)nc1N. The second-order valence-corrected chi connectivity index (χ2v) is 4.89. The van der Waals surface area contributed by atoms with Crippen molar-refractivity contribution in [3.8, 4) is 22.4 Å². The fourth-order valence-electron chi connectivity index (χ4n) is 2.30. The molecule has 0 bridgehead atoms. The molecule has 4 N–H and O–H groups in total. The predicted octanol–water partition coefficient (Wildman–Crippen LogP) is 3.46. The number of hydrogen-bond donors (Lipinski definition) is 2. The standard InChI is InChI=1S/C18H17N3/c19-12-16-10-11-17(21-18(16)20)15-8-6-14(7-9-15)13-4-2-1-3-5-13/h1-11H,12,19H2,(H2,20,21). The van der Waals surface area contributed by atoms with Crippen LogP contribution in [-0.2, 0) is 6.54 Å². The Balaban J connectivity index is 1.92. The molecule has 0 aliphatic carbocycles. The number of nitrogen functional groups attached to an aromatic ring is 1. The molecule has 104 valence electrons. The third-order valence-corrected chi connectivity index (χ3v) is 3.52. The van der Waals surface area contributed by atoms with Crippen molar-refractivity contribution in [1.29, 1.82) is 0 Å². The van der Waals surface area contributed by atoms with Crippen LogP contribution in [0, 0.1) is 0 Å². The van der Waals surface area contributed by atoms with Crippen molar-refractivity contribution >= 4 is 5.82 Å². The van der Waals surface area contributed by atoms with Gasteiger partial charge in [-0.2, -0.15) is 0 Å². The number of nitrogens with two attached hydrogens (primary N) is 2. The van der Waals surface area contributed by atoms with Crippen LogP contribution in [0.25, 0.3) is 22.4 Å². The van der Waals surface area contributed by atoms with E-state index in [2.05, 4.69) is 41.4 Å². The van der Waals surface area contributed by atoms with E-state index in [1.165, 1.54) is 11.1 Å². The zero-order valence-corrected chi connectivity index (χ0v) is 11.7. The van der Waals surface area contributed by atoms with E-state index in [9.17, 15) is 0 Å². The number of nitrogens with zero attached hydrogens (tertiary/aromatic N) is 1. The molecule has 0 fully saturated rings. The summed E-state index contributed by atoms with van der Waals surface area (Å²) in [6.45, 7) is 0.409. The van der Waals surface area contributed by atoms with Gasteiger partial charge in [0.1, 0.15) is 5.82 Å². The van der Waals surface area contributed by atoms with Crippen molar-refractivity contribution < 1.29 is 0 Å². The lowest BCUT2D eigenvalue weighted by molar-refractivity contribution is 1.06. The van der Waals surface area contributed by atoms with Crippen molar-refractivity contribution in [2.45, 2.75) is 6.54 Å². The second-order valence-electron chi connectivity index (χ2n) is 4.89. The van der Waals surface area contributed by atoms with Crippen LogP contribution in [0.5, 0.6) is 0 Å². The fourth-order valence-corrected chi connectivity index (χ4v) is 2.30. The van der Waals surface area contributed by atoms with Gasteiger partial charge in [0.25, 0.3) is 0 Å². The molecule has 1 aromatic heterocycles. The Kier molecular flexibility index (Phi) is 3.67. The van der Waals surface area contributed by atoms with Crippen molar-refractivity contribution in [3.63, 3.8) is 0 Å². The van der Waals surface area contributed by atoms with Gasteiger partial charge in [-0.25, -0.2) is 4.98 Å². The summed E-state index contributed by atoms with van der Waals surface area (Å²) in [5.74, 6) is 0.502. The van der Waals surface area contributed by atoms with Crippen LogP contribution in [0.4, 0.5) is 5.82 Å². The highest BCUT2D eigenvalue weighted by Crippen LogP contribution is 2.24. The van der Waals surface area contributed by atoms with Crippen molar-refractivity contribution in [3.05, 3.63) is 72.3 Å². The minimum atomic E-state index is 0.409. The number of hydrogen-bond acceptors (Lipinski definition) is 3. The monoisotopic (exact) mass is 275 g/mol. The van der Waals surface area contributed by atoms with E-state index >= 15 is 0 Å². The molecule has 0 spiro atoms. The summed E-state index contributed by atoms with van der Waals surface area (Å²) in [4.78, 5) is 4.41. The summed E-state index contributed by atoms with van der Waals surface area (Å²) in [6, 6.07) is 22.5. The van der Waals surface area contributed by atoms with Gasteiger partial charge in [0.2, 0.25) is 0 Å². The first-order valence-corrected chi connectivity index (χ1v) is 6.89. The molecule has 3 nitrogen and oxygen atoms in total. The highest BCUT2D eigenvalue weighted by molar-refractivity contribution is 5.69. The van der Waals surface area contributed by atoms with Crippen molar-refractivity contribution in [1.82, 2.24) is 4.98 Å². The van der Waals surface area contributed by atoms with E-state index in [0.29, 0.717) is 12.4 Å². The van der Waals surface area contributed by atoms with Gasteiger partial charge in [-0.15, -0.1) is 0 Å². The Morgan fingerprint density at radius 2 is 1.33 bits per heavy atom. The lowest BCUT2D eigenvalue weighted by Crippen LogP contribution is -2.03. The maximum absolute atomic E-state index is 5.90. The first-order valence-electron chi connectivity index (χ1n) is 6.89. The average Bonchev–Trinajstić information content (AvgIpc) is 2.56. The van der Waals surface area contributed by atoms with Gasteiger partial charge in [-0.05, 0) is 17.2 Å². The number of pyridine rings is 1. The third kappa shape index (κ3) is 2.78. The lowest BCUT2D eigenvalue weighted by atomic mass is 10.0. The number of anilines is 1. The van der Waals surface area contributed by atoms with Crippen molar-refractivity contribution in [2.75, 3.05) is 5.73 Å². The van der Waals surface area contributed by atoms with Crippen LogP contribution in [0.1, 0.15) is 5.56 Å². The van der Waals surface area contributed by atoms with Gasteiger partial charge >= 0.3 is 0 Å². The molecule has 0 radical (unpaired) electrons. The largest absolute Gasteiger partial charge is 0.383 e. The molecule has 1 heterocycles. The number of rotatable bonds is 3. The molecule has 2 aromatic carbocycles. The molecule has 3 heteroatoms. The Morgan fingerprint density at radius 1 is 0.714 bits per heavy atom. The topological polar surface area (TPSA) is 64.9 Å². The van der Waals surface area contributed by atoms with Gasteiger partial charge in [0.15, 0.2) is 0 Å². The van der Waals surface area contributed by atoms with Crippen molar-refractivity contribution in [2.24, 2.45) is 5.73 Å². The Bertz CT molecular complexity index is 734. The quantitative estimate of drug-likeness (QED) is 0.769. The molecular weight excluding hydrogens is 258 g/mol. The van der Waals surface area contributed by atoms with Crippen LogP contribution < -0.4 is 11.5 Å². The number of benzene rings is 2. The smallest absolute Gasteiger partial charge is 0.128 e. The molecule has 0 aliphatic rings. The third-order valence-electron chi connectivity index (χ3n) is 3.52. The molecule has 0 amide bonds. The minimum absolute atomic E-state index is 0.409. The first kappa shape index (κ1) is 13.3. The second kappa shape index (κ2) is 5.77. The highest BCUT2D eigenvalue weighted by atomic mass is 14.8. The normalized spacial score (nSPS) is 10.5. The minimum Gasteiger partial charge on any atom is -0.383 e. The van der Waals surface area contributed by atoms with Crippen LogP contribution in [-0.4, -0.2) is 4.98 Å². The number of aromatic nitrogens is 1. The summed E-state index contributed by atoms with van der Waals surface area (Å²) in [5, 5.41) is 0. The van der Waals surface area contributed by atoms with E-state index < -0.39 is 0 Å². The maximum Gasteiger partial charge on any atom is 0.128 e. The highest BCUT2D eigenvalue weighted by Gasteiger charge is 2.04. The molecule has 0 saturated carbocycles. The summed E-state index contributed by atoms with van der Waals surface area (Å²) in [7, 11) is 0. The summed E-state index contributed by atoms with van der Waals surface area (Å²) in [5.41, 5.74) is 16.7.